The number of carbonyl (C=O) groups excluding carboxylic acids is 1. The van der Waals surface area contributed by atoms with Crippen molar-refractivity contribution in [3.8, 4) is 0 Å². The number of amides is 1. The quantitative estimate of drug-likeness (QED) is 0.596. The molecular weight excluding hydrogens is 386 g/mol. The average molecular weight is 409 g/mol. The Kier molecular flexibility index (Phi) is 19.5. The number of hydroxylamine groups is 1. The first-order valence-corrected chi connectivity index (χ1v) is 5.21. The molecule has 3 nitrogen and oxygen atoms in total. The van der Waals surface area contributed by atoms with Crippen LogP contribution in [0.4, 0.5) is 0 Å². The predicted octanol–water partition coefficient (Wildman–Crippen LogP) is 3.17. The molecule has 0 atom stereocenters. The minimum absolute atomic E-state index is 0. The molecule has 98 valence electrons. The summed E-state index contributed by atoms with van der Waals surface area (Å²) in [6.07, 6.45) is 2.78. The minimum Gasteiger partial charge on any atom is -0.289 e. The van der Waals surface area contributed by atoms with E-state index in [4.69, 9.17) is 5.21 Å². The van der Waals surface area contributed by atoms with Crippen LogP contribution >= 0.6 is 0 Å². The fourth-order valence-corrected chi connectivity index (χ4v) is 1.01. The number of rotatable bonds is 3. The second kappa shape index (κ2) is 15.3. The molecule has 0 aliphatic heterocycles. The predicted molar refractivity (Wildman–Crippen MR) is 67.4 cm³/mol. The zero-order valence-corrected chi connectivity index (χ0v) is 12.7. The van der Waals surface area contributed by atoms with E-state index >= 15 is 0 Å². The number of benzene rings is 1. The smallest absolute Gasteiger partial charge is 0.243 e. The Morgan fingerprint density at radius 1 is 1.24 bits per heavy atom. The zero-order chi connectivity index (χ0) is 11.5. The molecule has 0 radical (unpaired) electrons. The Bertz CT molecular complexity index is 259. The number of hydrogen-bond acceptors (Lipinski definition) is 2. The van der Waals surface area contributed by atoms with Gasteiger partial charge in [-0.25, -0.2) is 5.48 Å². The number of aryl methyl sites for hydroxylation is 1. The van der Waals surface area contributed by atoms with E-state index < -0.39 is 0 Å². The Morgan fingerprint density at radius 3 is 2.06 bits per heavy atom. The molecule has 0 spiro atoms. The summed E-state index contributed by atoms with van der Waals surface area (Å²) in [5.41, 5.74) is 2.92. The summed E-state index contributed by atoms with van der Waals surface area (Å²) in [5.74, 6) is -0.352. The standard InChI is InChI=1S/C9H12.C3H7NO2.CH4.W/c1-2-6-9-7-4-3-5-8-9;1-2-3(5)4-6;;/h3-5,7-8H,2,6H2,1H3;6H,2H2,1H3,(H,4,5);1H4;. The summed E-state index contributed by atoms with van der Waals surface area (Å²) < 4.78 is 0. The van der Waals surface area contributed by atoms with Crippen molar-refractivity contribution in [1.29, 1.82) is 0 Å². The molecule has 0 saturated carbocycles. The molecule has 1 amide bonds. The van der Waals surface area contributed by atoms with Gasteiger partial charge in [-0.05, 0) is 12.0 Å². The Morgan fingerprint density at radius 2 is 1.76 bits per heavy atom. The van der Waals surface area contributed by atoms with Gasteiger partial charge in [0.2, 0.25) is 5.91 Å². The Balaban J connectivity index is -0.000000221. The van der Waals surface area contributed by atoms with Crippen LogP contribution in [0.2, 0.25) is 0 Å². The van der Waals surface area contributed by atoms with Crippen LogP contribution in [-0.4, -0.2) is 11.1 Å². The van der Waals surface area contributed by atoms with E-state index in [-0.39, 0.29) is 34.4 Å². The topological polar surface area (TPSA) is 49.3 Å². The Hall–Kier alpha value is -0.662. The molecule has 0 unspecified atom stereocenters. The van der Waals surface area contributed by atoms with Crippen molar-refractivity contribution in [2.24, 2.45) is 0 Å². The maximum absolute atomic E-state index is 9.82. The van der Waals surface area contributed by atoms with Gasteiger partial charge in [0.05, 0.1) is 0 Å². The maximum atomic E-state index is 9.82. The molecule has 17 heavy (non-hydrogen) atoms. The number of hydrogen-bond donors (Lipinski definition) is 2. The van der Waals surface area contributed by atoms with Crippen molar-refractivity contribution in [2.45, 2.75) is 40.5 Å². The molecule has 1 aromatic carbocycles. The first-order chi connectivity index (χ1) is 7.24. The van der Waals surface area contributed by atoms with E-state index in [1.54, 1.807) is 6.92 Å². The first kappa shape index (κ1) is 21.6. The van der Waals surface area contributed by atoms with Crippen molar-refractivity contribution in [2.75, 3.05) is 0 Å². The van der Waals surface area contributed by atoms with E-state index in [0.29, 0.717) is 6.42 Å². The maximum Gasteiger partial charge on any atom is 0.243 e. The van der Waals surface area contributed by atoms with Gasteiger partial charge in [0.25, 0.3) is 0 Å². The van der Waals surface area contributed by atoms with Crippen LogP contribution in [0.1, 0.15) is 39.7 Å². The molecule has 0 fully saturated rings. The molecule has 0 aromatic heterocycles. The van der Waals surface area contributed by atoms with E-state index in [9.17, 15) is 4.79 Å². The second-order valence-corrected chi connectivity index (χ2v) is 3.12. The molecular formula is C13H23NO2W. The van der Waals surface area contributed by atoms with E-state index in [2.05, 4.69) is 37.3 Å². The average Bonchev–Trinajstić information content (AvgIpc) is 2.31. The molecule has 0 bridgehead atoms. The molecule has 0 aliphatic rings. The van der Waals surface area contributed by atoms with Crippen LogP contribution in [-0.2, 0) is 32.3 Å². The third kappa shape index (κ3) is 13.3. The first-order valence-electron chi connectivity index (χ1n) is 5.21. The van der Waals surface area contributed by atoms with Gasteiger partial charge in [0, 0.05) is 27.5 Å². The fraction of sp³-hybridized carbons (Fsp3) is 0.462. The molecule has 0 saturated heterocycles. The van der Waals surface area contributed by atoms with Crippen LogP contribution in [0.25, 0.3) is 0 Å². The fourth-order valence-electron chi connectivity index (χ4n) is 1.01. The number of carbonyl (C=O) groups is 1. The van der Waals surface area contributed by atoms with Crippen molar-refractivity contribution in [3.05, 3.63) is 35.9 Å². The van der Waals surface area contributed by atoms with Crippen LogP contribution in [0, 0.1) is 0 Å². The SMILES string of the molecule is C.CCC(=O)NO.CCCc1ccccc1.[W]. The molecule has 1 rings (SSSR count). The van der Waals surface area contributed by atoms with Crippen LogP contribution in [0.15, 0.2) is 30.3 Å². The van der Waals surface area contributed by atoms with Crippen molar-refractivity contribution in [3.63, 3.8) is 0 Å². The van der Waals surface area contributed by atoms with Gasteiger partial charge >= 0.3 is 0 Å². The van der Waals surface area contributed by atoms with Gasteiger partial charge in [-0.3, -0.25) is 10.0 Å². The van der Waals surface area contributed by atoms with Crippen LogP contribution < -0.4 is 5.48 Å². The summed E-state index contributed by atoms with van der Waals surface area (Å²) in [7, 11) is 0. The van der Waals surface area contributed by atoms with Gasteiger partial charge in [-0.15, -0.1) is 0 Å². The normalized spacial score (nSPS) is 7.71. The molecule has 1 aromatic rings. The van der Waals surface area contributed by atoms with Gasteiger partial charge < -0.3 is 0 Å². The summed E-state index contributed by atoms with van der Waals surface area (Å²) in [4.78, 5) is 9.82. The van der Waals surface area contributed by atoms with Crippen LogP contribution in [0.5, 0.6) is 0 Å². The second-order valence-electron chi connectivity index (χ2n) is 3.12. The van der Waals surface area contributed by atoms with E-state index in [1.165, 1.54) is 23.9 Å². The molecule has 4 heteroatoms. The van der Waals surface area contributed by atoms with Gasteiger partial charge in [0.1, 0.15) is 0 Å². The Labute approximate surface area is 119 Å². The summed E-state index contributed by atoms with van der Waals surface area (Å²) >= 11 is 0. The van der Waals surface area contributed by atoms with Gasteiger partial charge in [0.15, 0.2) is 0 Å². The summed E-state index contributed by atoms with van der Waals surface area (Å²) in [5, 5.41) is 7.74. The molecule has 0 heterocycles. The number of nitrogens with one attached hydrogen (secondary N) is 1. The monoisotopic (exact) mass is 409 g/mol. The van der Waals surface area contributed by atoms with E-state index in [0.717, 1.165) is 0 Å². The molecule has 0 aliphatic carbocycles. The summed E-state index contributed by atoms with van der Waals surface area (Å²) in [6, 6.07) is 10.6. The molecule has 2 N–H and O–H groups in total. The van der Waals surface area contributed by atoms with Gasteiger partial charge in [-0.2, -0.15) is 0 Å². The van der Waals surface area contributed by atoms with Gasteiger partial charge in [-0.1, -0.05) is 58.0 Å². The van der Waals surface area contributed by atoms with Crippen LogP contribution in [0.3, 0.4) is 0 Å². The zero-order valence-electron chi connectivity index (χ0n) is 9.77. The van der Waals surface area contributed by atoms with E-state index in [1.807, 2.05) is 0 Å². The third-order valence-corrected chi connectivity index (χ3v) is 1.83. The van der Waals surface area contributed by atoms with Crippen molar-refractivity contribution in [1.82, 2.24) is 5.48 Å². The van der Waals surface area contributed by atoms with Crippen molar-refractivity contribution < 1.29 is 31.1 Å². The summed E-state index contributed by atoms with van der Waals surface area (Å²) in [6.45, 7) is 3.86. The minimum atomic E-state index is -0.352. The largest absolute Gasteiger partial charge is 0.289 e. The third-order valence-electron chi connectivity index (χ3n) is 1.83. The van der Waals surface area contributed by atoms with Crippen molar-refractivity contribution >= 4 is 5.91 Å².